The molecule has 0 aromatic heterocycles. The van der Waals surface area contributed by atoms with E-state index in [0.717, 1.165) is 16.8 Å². The summed E-state index contributed by atoms with van der Waals surface area (Å²) in [7, 11) is 1.48. The first kappa shape index (κ1) is 19.2. The van der Waals surface area contributed by atoms with E-state index in [-0.39, 0.29) is 12.2 Å². The Kier molecular flexibility index (Phi) is 6.50. The number of carbonyl (C=O) groups is 1. The second-order valence-corrected chi connectivity index (χ2v) is 5.76. The molecule has 2 rings (SSSR count). The summed E-state index contributed by atoms with van der Waals surface area (Å²) in [6.07, 6.45) is 1.10. The van der Waals surface area contributed by atoms with Gasteiger partial charge < -0.3 is 14.6 Å². The highest BCUT2D eigenvalue weighted by Crippen LogP contribution is 2.30. The summed E-state index contributed by atoms with van der Waals surface area (Å²) in [5, 5.41) is 24.2. The molecule has 0 aliphatic heterocycles. The van der Waals surface area contributed by atoms with Crippen LogP contribution in [0, 0.1) is 10.1 Å². The molecule has 0 spiro atoms. The van der Waals surface area contributed by atoms with Crippen molar-refractivity contribution in [2.24, 2.45) is 5.10 Å². The quantitative estimate of drug-likeness (QED) is 0.400. The Balaban J connectivity index is 1.94. The number of nitrogens with one attached hydrogen (secondary N) is 1. The van der Waals surface area contributed by atoms with Gasteiger partial charge in [0.2, 0.25) is 5.75 Å². The summed E-state index contributed by atoms with van der Waals surface area (Å²) in [4.78, 5) is 21.8. The van der Waals surface area contributed by atoms with Gasteiger partial charge in [-0.3, -0.25) is 14.9 Å². The van der Waals surface area contributed by atoms with Gasteiger partial charge in [0, 0.05) is 16.1 Å². The first-order chi connectivity index (χ1) is 12.4. The van der Waals surface area contributed by atoms with Crippen LogP contribution in [-0.4, -0.2) is 35.9 Å². The maximum absolute atomic E-state index is 11.8. The van der Waals surface area contributed by atoms with Crippen LogP contribution < -0.4 is 14.9 Å². The molecule has 26 heavy (non-hydrogen) atoms. The van der Waals surface area contributed by atoms with Gasteiger partial charge in [-0.05, 0) is 24.3 Å². The van der Waals surface area contributed by atoms with Gasteiger partial charge >= 0.3 is 5.69 Å². The smallest absolute Gasteiger partial charge is 0.311 e. The Morgan fingerprint density at radius 3 is 2.85 bits per heavy atom. The highest BCUT2D eigenvalue weighted by molar-refractivity contribution is 9.10. The van der Waals surface area contributed by atoms with Crippen LogP contribution in [0.2, 0.25) is 0 Å². The third-order valence-electron chi connectivity index (χ3n) is 3.12. The number of para-hydroxylation sites is 1. The maximum atomic E-state index is 11.8. The Bertz CT molecular complexity index is 856. The number of phenolic OH excluding ortho intramolecular Hbond substituents is 1. The van der Waals surface area contributed by atoms with Gasteiger partial charge in [-0.2, -0.15) is 5.10 Å². The van der Waals surface area contributed by atoms with E-state index in [1.807, 2.05) is 0 Å². The van der Waals surface area contributed by atoms with Gasteiger partial charge in [0.1, 0.15) is 0 Å². The van der Waals surface area contributed by atoms with Crippen LogP contribution in [-0.2, 0) is 4.79 Å². The normalized spacial score (nSPS) is 10.5. The lowest BCUT2D eigenvalue weighted by atomic mass is 10.2. The molecule has 2 aromatic carbocycles. The second kappa shape index (κ2) is 8.81. The van der Waals surface area contributed by atoms with Crippen LogP contribution >= 0.6 is 15.9 Å². The standard InChI is InChI=1S/C16H14BrN3O6/c1-25-14-7-11(17)5-6-13(14)26-9-15(21)19-18-8-10-3-2-4-12(16(10)22)20(23)24/h2-8,22H,9H2,1H3,(H,19,21)/b18-8+. The van der Waals surface area contributed by atoms with E-state index in [1.54, 1.807) is 18.2 Å². The van der Waals surface area contributed by atoms with Crippen molar-refractivity contribution in [3.63, 3.8) is 0 Å². The minimum absolute atomic E-state index is 0.0926. The number of nitro benzene ring substituents is 1. The molecule has 136 valence electrons. The first-order valence-electron chi connectivity index (χ1n) is 7.17. The van der Waals surface area contributed by atoms with E-state index >= 15 is 0 Å². The van der Waals surface area contributed by atoms with Gasteiger partial charge in [-0.25, -0.2) is 5.43 Å². The number of hydrogen-bond donors (Lipinski definition) is 2. The van der Waals surface area contributed by atoms with Crippen LogP contribution in [0.25, 0.3) is 0 Å². The number of hydrazone groups is 1. The average Bonchev–Trinajstić information content (AvgIpc) is 2.61. The number of hydrogen-bond acceptors (Lipinski definition) is 7. The predicted molar refractivity (Wildman–Crippen MR) is 96.7 cm³/mol. The molecule has 2 aromatic rings. The molecule has 0 saturated heterocycles. The molecular formula is C16H14BrN3O6. The number of amides is 1. The number of ether oxygens (including phenoxy) is 2. The van der Waals surface area contributed by atoms with Crippen LogP contribution in [0.3, 0.4) is 0 Å². The minimum Gasteiger partial charge on any atom is -0.502 e. The highest BCUT2D eigenvalue weighted by Gasteiger charge is 2.15. The molecule has 0 saturated carbocycles. The lowest BCUT2D eigenvalue weighted by Gasteiger charge is -2.10. The molecule has 9 nitrogen and oxygen atoms in total. The van der Waals surface area contributed by atoms with Crippen molar-refractivity contribution in [2.45, 2.75) is 0 Å². The summed E-state index contributed by atoms with van der Waals surface area (Å²) < 4.78 is 11.3. The second-order valence-electron chi connectivity index (χ2n) is 4.85. The zero-order valence-corrected chi connectivity index (χ0v) is 15.1. The Labute approximate surface area is 156 Å². The van der Waals surface area contributed by atoms with Gasteiger partial charge in [-0.1, -0.05) is 22.0 Å². The zero-order valence-electron chi connectivity index (χ0n) is 13.5. The zero-order chi connectivity index (χ0) is 19.1. The molecule has 0 fully saturated rings. The molecule has 0 unspecified atom stereocenters. The molecular weight excluding hydrogens is 410 g/mol. The summed E-state index contributed by atoms with van der Waals surface area (Å²) in [5.74, 6) is -0.258. The van der Waals surface area contributed by atoms with Gasteiger partial charge in [-0.15, -0.1) is 0 Å². The fourth-order valence-electron chi connectivity index (χ4n) is 1.91. The van der Waals surface area contributed by atoms with E-state index in [2.05, 4.69) is 26.5 Å². The van der Waals surface area contributed by atoms with E-state index in [4.69, 9.17) is 9.47 Å². The predicted octanol–water partition coefficient (Wildman–Crippen LogP) is 2.60. The number of nitrogens with zero attached hydrogens (tertiary/aromatic N) is 2. The van der Waals surface area contributed by atoms with Crippen LogP contribution in [0.15, 0.2) is 46.0 Å². The number of methoxy groups -OCH3 is 1. The average molecular weight is 424 g/mol. The van der Waals surface area contributed by atoms with Crippen molar-refractivity contribution in [2.75, 3.05) is 13.7 Å². The van der Waals surface area contributed by atoms with E-state index in [9.17, 15) is 20.0 Å². The Hall–Kier alpha value is -3.14. The molecule has 0 radical (unpaired) electrons. The number of benzene rings is 2. The third kappa shape index (κ3) is 4.93. The Morgan fingerprint density at radius 2 is 2.15 bits per heavy atom. The van der Waals surface area contributed by atoms with Crippen LogP contribution in [0.4, 0.5) is 5.69 Å². The van der Waals surface area contributed by atoms with Crippen molar-refractivity contribution in [1.82, 2.24) is 5.43 Å². The number of carbonyl (C=O) groups excluding carboxylic acids is 1. The molecule has 2 N–H and O–H groups in total. The molecule has 0 aliphatic rings. The number of rotatable bonds is 7. The van der Waals surface area contributed by atoms with E-state index in [1.165, 1.54) is 19.2 Å². The lowest BCUT2D eigenvalue weighted by Crippen LogP contribution is -2.24. The molecule has 0 bridgehead atoms. The molecule has 0 aliphatic carbocycles. The van der Waals surface area contributed by atoms with Crippen molar-refractivity contribution in [1.29, 1.82) is 0 Å². The minimum atomic E-state index is -0.718. The fraction of sp³-hybridized carbons (Fsp3) is 0.125. The van der Waals surface area contributed by atoms with Gasteiger partial charge in [0.05, 0.1) is 18.2 Å². The van der Waals surface area contributed by atoms with Crippen LogP contribution in [0.1, 0.15) is 5.56 Å². The summed E-state index contributed by atoms with van der Waals surface area (Å²) in [5.41, 5.74) is 1.84. The highest BCUT2D eigenvalue weighted by atomic mass is 79.9. The number of phenols is 1. The number of nitro groups is 1. The maximum Gasteiger partial charge on any atom is 0.311 e. The molecule has 0 heterocycles. The van der Waals surface area contributed by atoms with E-state index in [0.29, 0.717) is 11.5 Å². The fourth-order valence-corrected chi connectivity index (χ4v) is 2.25. The molecule has 10 heteroatoms. The van der Waals surface area contributed by atoms with Crippen molar-refractivity contribution in [3.05, 3.63) is 56.5 Å². The van der Waals surface area contributed by atoms with E-state index < -0.39 is 22.3 Å². The van der Waals surface area contributed by atoms with Gasteiger partial charge in [0.15, 0.2) is 18.1 Å². The number of aromatic hydroxyl groups is 1. The number of halogens is 1. The van der Waals surface area contributed by atoms with Crippen molar-refractivity contribution < 1.29 is 24.3 Å². The molecule has 1 amide bonds. The largest absolute Gasteiger partial charge is 0.502 e. The van der Waals surface area contributed by atoms with Crippen LogP contribution in [0.5, 0.6) is 17.2 Å². The van der Waals surface area contributed by atoms with Gasteiger partial charge in [0.25, 0.3) is 5.91 Å². The molecule has 0 atom stereocenters. The first-order valence-corrected chi connectivity index (χ1v) is 7.96. The summed E-state index contributed by atoms with van der Waals surface area (Å²) in [6.45, 7) is -0.323. The van der Waals surface area contributed by atoms with Crippen molar-refractivity contribution >= 4 is 33.7 Å². The lowest BCUT2D eigenvalue weighted by molar-refractivity contribution is -0.385. The topological polar surface area (TPSA) is 123 Å². The Morgan fingerprint density at radius 1 is 1.38 bits per heavy atom. The summed E-state index contributed by atoms with van der Waals surface area (Å²) >= 11 is 3.30. The SMILES string of the molecule is COc1cc(Br)ccc1OCC(=O)N/N=C/c1cccc([N+](=O)[O-])c1O. The monoisotopic (exact) mass is 423 g/mol. The third-order valence-corrected chi connectivity index (χ3v) is 3.61. The summed E-state index contributed by atoms with van der Waals surface area (Å²) in [6, 6.07) is 9.03. The van der Waals surface area contributed by atoms with Crippen molar-refractivity contribution in [3.8, 4) is 17.2 Å².